The second-order valence-corrected chi connectivity index (χ2v) is 13.3. The van der Waals surface area contributed by atoms with Crippen molar-refractivity contribution in [3.63, 3.8) is 0 Å². The van der Waals surface area contributed by atoms with Crippen molar-refractivity contribution >= 4 is 0 Å². The van der Waals surface area contributed by atoms with Crippen LogP contribution in [0.5, 0.6) is 0 Å². The smallest absolute Gasteiger partial charge is 0.0227 e. The Labute approximate surface area is 235 Å². The van der Waals surface area contributed by atoms with Gasteiger partial charge in [-0.2, -0.15) is 0 Å². The summed E-state index contributed by atoms with van der Waals surface area (Å²) in [6, 6.07) is 1.73. The molecule has 2 aliphatic heterocycles. The molecule has 2 unspecified atom stereocenters. The minimum absolute atomic E-state index is 0.864. The van der Waals surface area contributed by atoms with Crippen molar-refractivity contribution in [3.05, 3.63) is 0 Å². The van der Waals surface area contributed by atoms with E-state index in [0.29, 0.717) is 0 Å². The van der Waals surface area contributed by atoms with Gasteiger partial charge in [0.2, 0.25) is 0 Å². The van der Waals surface area contributed by atoms with Crippen LogP contribution < -0.4 is 0 Å². The van der Waals surface area contributed by atoms with Gasteiger partial charge in [0.25, 0.3) is 0 Å². The van der Waals surface area contributed by atoms with Gasteiger partial charge in [-0.05, 0) is 50.5 Å². The van der Waals surface area contributed by atoms with Crippen molar-refractivity contribution in [2.45, 2.75) is 187 Å². The Hall–Kier alpha value is -0.0800. The van der Waals surface area contributed by atoms with Crippen molar-refractivity contribution in [2.75, 3.05) is 26.2 Å². The molecule has 220 valence electrons. The first-order valence-electron chi connectivity index (χ1n) is 17.7. The summed E-state index contributed by atoms with van der Waals surface area (Å²) < 4.78 is 0. The Bertz CT molecular complexity index is 491. The van der Waals surface area contributed by atoms with E-state index in [0.717, 1.165) is 23.9 Å². The average molecular weight is 519 g/mol. The molecule has 0 spiro atoms. The lowest BCUT2D eigenvalue weighted by Crippen LogP contribution is -2.54. The molecule has 0 N–H and O–H groups in total. The van der Waals surface area contributed by atoms with Gasteiger partial charge in [-0.25, -0.2) is 0 Å². The topological polar surface area (TPSA) is 6.48 Å². The fourth-order valence-electron chi connectivity index (χ4n) is 7.47. The predicted molar refractivity (Wildman–Crippen MR) is 167 cm³/mol. The highest BCUT2D eigenvalue weighted by Gasteiger charge is 2.40. The molecule has 2 aliphatic rings. The first-order chi connectivity index (χ1) is 18.2. The van der Waals surface area contributed by atoms with Crippen LogP contribution in [0.4, 0.5) is 0 Å². The summed E-state index contributed by atoms with van der Waals surface area (Å²) in [6.07, 6.45) is 33.3. The molecule has 0 aliphatic carbocycles. The summed E-state index contributed by atoms with van der Waals surface area (Å²) >= 11 is 0. The summed E-state index contributed by atoms with van der Waals surface area (Å²) in [7, 11) is 0. The fraction of sp³-hybridized carbons (Fsp3) is 1.00. The number of fused-ring (bicyclic) bond motifs is 2. The van der Waals surface area contributed by atoms with Gasteiger partial charge in [0, 0.05) is 31.7 Å². The molecule has 2 bridgehead atoms. The molecule has 2 fully saturated rings. The largest absolute Gasteiger partial charge is 0.300 e. The third-order valence-electron chi connectivity index (χ3n) is 9.88. The molecule has 2 heteroatoms. The number of nitrogens with zero attached hydrogens (tertiary/aromatic N) is 2. The molecule has 37 heavy (non-hydrogen) atoms. The first-order valence-corrected chi connectivity index (χ1v) is 17.7. The highest BCUT2D eigenvalue weighted by Crippen LogP contribution is 2.33. The predicted octanol–water partition coefficient (Wildman–Crippen LogP) is 10.6. The van der Waals surface area contributed by atoms with Gasteiger partial charge in [-0.1, -0.05) is 143 Å². The summed E-state index contributed by atoms with van der Waals surface area (Å²) in [5, 5.41) is 0. The van der Waals surface area contributed by atoms with Crippen LogP contribution in [0.25, 0.3) is 0 Å². The summed E-state index contributed by atoms with van der Waals surface area (Å²) in [6.45, 7) is 14.9. The molecule has 2 saturated heterocycles. The van der Waals surface area contributed by atoms with Crippen LogP contribution in [0, 0.1) is 11.8 Å². The van der Waals surface area contributed by atoms with Gasteiger partial charge in [0.1, 0.15) is 0 Å². The van der Waals surface area contributed by atoms with Crippen molar-refractivity contribution in [2.24, 2.45) is 11.8 Å². The zero-order valence-electron chi connectivity index (χ0n) is 26.3. The Morgan fingerprint density at radius 3 is 1.38 bits per heavy atom. The Morgan fingerprint density at radius 2 is 0.892 bits per heavy atom. The second kappa shape index (κ2) is 21.7. The lowest BCUT2D eigenvalue weighted by Gasteiger charge is -2.42. The Kier molecular flexibility index (Phi) is 19.4. The van der Waals surface area contributed by atoms with E-state index in [4.69, 9.17) is 0 Å². The molecule has 0 amide bonds. The maximum atomic E-state index is 3.01. The van der Waals surface area contributed by atoms with Gasteiger partial charge in [-0.3, -0.25) is 4.90 Å². The van der Waals surface area contributed by atoms with E-state index < -0.39 is 0 Å². The van der Waals surface area contributed by atoms with Gasteiger partial charge in [-0.15, -0.1) is 0 Å². The maximum absolute atomic E-state index is 3.01. The number of unbranched alkanes of at least 4 members (excludes halogenated alkanes) is 11. The number of rotatable bonds is 25. The molecular weight excluding hydrogens is 448 g/mol. The van der Waals surface area contributed by atoms with E-state index in [9.17, 15) is 0 Å². The number of likely N-dealkylation sites (tertiary alicyclic amines) is 1. The summed E-state index contributed by atoms with van der Waals surface area (Å²) in [5.41, 5.74) is 0. The molecule has 0 saturated carbocycles. The van der Waals surface area contributed by atoms with E-state index in [1.54, 1.807) is 0 Å². The molecule has 2 rings (SSSR count). The lowest BCUT2D eigenvalue weighted by atomic mass is 9.90. The molecule has 0 aromatic carbocycles. The molecule has 4 atom stereocenters. The maximum Gasteiger partial charge on any atom is 0.0227 e. The summed E-state index contributed by atoms with van der Waals surface area (Å²) in [4.78, 5) is 5.88. The van der Waals surface area contributed by atoms with Gasteiger partial charge in [0.05, 0.1) is 0 Å². The zero-order chi connectivity index (χ0) is 26.6. The van der Waals surface area contributed by atoms with Gasteiger partial charge >= 0.3 is 0 Å². The first kappa shape index (κ1) is 33.1. The van der Waals surface area contributed by atoms with E-state index >= 15 is 0 Å². The highest BCUT2D eigenvalue weighted by atomic mass is 15.3. The second-order valence-electron chi connectivity index (χ2n) is 13.3. The Balaban J connectivity index is 1.71. The number of piperazine rings is 1. The van der Waals surface area contributed by atoms with Crippen molar-refractivity contribution in [3.8, 4) is 0 Å². The van der Waals surface area contributed by atoms with Crippen LogP contribution in [0.2, 0.25) is 0 Å². The SMILES string of the molecule is CCCCCCC(CCCCC)CCCCN1C[C@H]2CC[C@@H](C1)N2CC(CCCCC)CCCCCC. The van der Waals surface area contributed by atoms with Crippen LogP contribution in [-0.4, -0.2) is 48.1 Å². The van der Waals surface area contributed by atoms with Crippen molar-refractivity contribution in [1.82, 2.24) is 9.80 Å². The van der Waals surface area contributed by atoms with Gasteiger partial charge < -0.3 is 4.90 Å². The lowest BCUT2D eigenvalue weighted by molar-refractivity contribution is 0.0502. The standard InChI is InChI=1S/C35H70N2/c1-5-9-13-17-22-32(21-15-11-7-3)23-19-20-28-36-30-34-26-27-35(31-36)37(34)29-33(24-16-12-8-4)25-18-14-10-6-2/h32-35H,5-31H2,1-4H3/t32?,33?,34-,35+. The van der Waals surface area contributed by atoms with Crippen molar-refractivity contribution in [1.29, 1.82) is 0 Å². The Morgan fingerprint density at radius 1 is 0.486 bits per heavy atom. The summed E-state index contributed by atoms with van der Waals surface area (Å²) in [5.74, 6) is 1.97. The average Bonchev–Trinajstić information content (AvgIpc) is 3.13. The van der Waals surface area contributed by atoms with E-state index in [1.165, 1.54) is 174 Å². The minimum Gasteiger partial charge on any atom is -0.300 e. The third-order valence-corrected chi connectivity index (χ3v) is 9.88. The third kappa shape index (κ3) is 14.2. The van der Waals surface area contributed by atoms with Crippen LogP contribution in [-0.2, 0) is 0 Å². The monoisotopic (exact) mass is 519 g/mol. The minimum atomic E-state index is 0.864. The molecule has 2 heterocycles. The zero-order valence-corrected chi connectivity index (χ0v) is 26.3. The molecular formula is C35H70N2. The van der Waals surface area contributed by atoms with Crippen LogP contribution >= 0.6 is 0 Å². The highest BCUT2D eigenvalue weighted by molar-refractivity contribution is 4.96. The van der Waals surface area contributed by atoms with Gasteiger partial charge in [0.15, 0.2) is 0 Å². The number of hydrogen-bond donors (Lipinski definition) is 0. The van der Waals surface area contributed by atoms with Crippen LogP contribution in [0.3, 0.4) is 0 Å². The molecule has 0 aromatic heterocycles. The number of hydrogen-bond acceptors (Lipinski definition) is 2. The van der Waals surface area contributed by atoms with E-state index in [-0.39, 0.29) is 0 Å². The molecule has 0 aromatic rings. The van der Waals surface area contributed by atoms with Crippen molar-refractivity contribution < 1.29 is 0 Å². The quantitative estimate of drug-likeness (QED) is 0.111. The molecule has 2 nitrogen and oxygen atoms in total. The van der Waals surface area contributed by atoms with Crippen LogP contribution in [0.1, 0.15) is 175 Å². The van der Waals surface area contributed by atoms with E-state index in [1.807, 2.05) is 0 Å². The van der Waals surface area contributed by atoms with Crippen LogP contribution in [0.15, 0.2) is 0 Å². The normalized spacial score (nSPS) is 22.1. The molecule has 0 radical (unpaired) electrons. The fourth-order valence-corrected chi connectivity index (χ4v) is 7.47. The van der Waals surface area contributed by atoms with E-state index in [2.05, 4.69) is 37.5 Å².